The predicted molar refractivity (Wildman–Crippen MR) is 69.3 cm³/mol. The first-order valence-electron chi connectivity index (χ1n) is 5.90. The van der Waals surface area contributed by atoms with Gasteiger partial charge in [-0.2, -0.15) is 0 Å². The first-order chi connectivity index (χ1) is 7.91. The van der Waals surface area contributed by atoms with Crippen molar-refractivity contribution < 1.29 is 9.90 Å². The van der Waals surface area contributed by atoms with Crippen LogP contribution in [0.25, 0.3) is 0 Å². The smallest absolute Gasteiger partial charge is 0.321 e. The number of benzene rings is 1. The number of hydrogen-bond donors (Lipinski definition) is 1. The van der Waals surface area contributed by atoms with Crippen LogP contribution in [0.15, 0.2) is 24.3 Å². The molecular formula is C14H21NO2. The van der Waals surface area contributed by atoms with Crippen molar-refractivity contribution >= 4 is 5.97 Å². The Morgan fingerprint density at radius 1 is 1.24 bits per heavy atom. The van der Waals surface area contributed by atoms with Crippen molar-refractivity contribution in [2.75, 3.05) is 14.1 Å². The van der Waals surface area contributed by atoms with Gasteiger partial charge in [-0.05, 0) is 37.6 Å². The van der Waals surface area contributed by atoms with Crippen LogP contribution in [0.5, 0.6) is 0 Å². The number of hydrogen-bond acceptors (Lipinski definition) is 2. The summed E-state index contributed by atoms with van der Waals surface area (Å²) in [4.78, 5) is 12.8. The third-order valence-corrected chi connectivity index (χ3v) is 2.98. The lowest BCUT2D eigenvalue weighted by Crippen LogP contribution is -2.37. The highest BCUT2D eigenvalue weighted by Crippen LogP contribution is 2.16. The fourth-order valence-corrected chi connectivity index (χ4v) is 1.75. The number of likely N-dealkylation sites (N-methyl/N-ethyl adjacent to an activating group) is 1. The summed E-state index contributed by atoms with van der Waals surface area (Å²) in [6.45, 7) is 4.30. The Labute approximate surface area is 103 Å². The van der Waals surface area contributed by atoms with E-state index in [0.29, 0.717) is 12.3 Å². The number of aliphatic carboxylic acids is 1. The Hall–Kier alpha value is -1.35. The molecule has 3 heteroatoms. The molecule has 0 unspecified atom stereocenters. The molecule has 1 atom stereocenters. The highest BCUT2D eigenvalue weighted by atomic mass is 16.4. The molecule has 0 radical (unpaired) electrons. The van der Waals surface area contributed by atoms with Crippen molar-refractivity contribution in [3.63, 3.8) is 0 Å². The standard InChI is InChI=1S/C14H21NO2/c1-10(2)12-7-5-11(6-8-12)9-13(14(16)17)15(3)4/h5-8,10,13H,9H2,1-4H3,(H,16,17)/t13-/m0/s1. The van der Waals surface area contributed by atoms with Gasteiger partial charge in [0.15, 0.2) is 0 Å². The topological polar surface area (TPSA) is 40.5 Å². The van der Waals surface area contributed by atoms with Crippen LogP contribution in [0, 0.1) is 0 Å². The van der Waals surface area contributed by atoms with Gasteiger partial charge in [0.05, 0.1) is 0 Å². The van der Waals surface area contributed by atoms with E-state index in [0.717, 1.165) is 5.56 Å². The molecule has 3 nitrogen and oxygen atoms in total. The van der Waals surface area contributed by atoms with Crippen molar-refractivity contribution in [2.45, 2.75) is 32.2 Å². The van der Waals surface area contributed by atoms with Gasteiger partial charge in [-0.3, -0.25) is 9.69 Å². The van der Waals surface area contributed by atoms with Crippen molar-refractivity contribution in [3.8, 4) is 0 Å². The molecule has 1 aromatic rings. The lowest BCUT2D eigenvalue weighted by Gasteiger charge is -2.20. The van der Waals surface area contributed by atoms with Crippen molar-refractivity contribution in [1.29, 1.82) is 0 Å². The first-order valence-corrected chi connectivity index (χ1v) is 5.90. The second-order valence-corrected chi connectivity index (χ2v) is 4.92. The Kier molecular flexibility index (Phi) is 4.70. The molecule has 0 spiro atoms. The minimum Gasteiger partial charge on any atom is -0.480 e. The third kappa shape index (κ3) is 3.86. The van der Waals surface area contributed by atoms with Gasteiger partial charge in [-0.1, -0.05) is 38.1 Å². The van der Waals surface area contributed by atoms with E-state index in [1.165, 1.54) is 5.56 Å². The monoisotopic (exact) mass is 235 g/mol. The maximum absolute atomic E-state index is 11.1. The van der Waals surface area contributed by atoms with Crippen LogP contribution >= 0.6 is 0 Å². The second kappa shape index (κ2) is 5.82. The third-order valence-electron chi connectivity index (χ3n) is 2.98. The quantitative estimate of drug-likeness (QED) is 0.851. The van der Waals surface area contributed by atoms with Gasteiger partial charge in [0.2, 0.25) is 0 Å². The van der Waals surface area contributed by atoms with Crippen LogP contribution in [-0.4, -0.2) is 36.1 Å². The number of carbonyl (C=O) groups is 1. The Morgan fingerprint density at radius 3 is 2.12 bits per heavy atom. The van der Waals surface area contributed by atoms with E-state index in [-0.39, 0.29) is 0 Å². The summed E-state index contributed by atoms with van der Waals surface area (Å²) in [5.41, 5.74) is 2.35. The molecular weight excluding hydrogens is 214 g/mol. The molecule has 1 N–H and O–H groups in total. The van der Waals surface area contributed by atoms with Crippen molar-refractivity contribution in [1.82, 2.24) is 4.90 Å². The fraction of sp³-hybridized carbons (Fsp3) is 0.500. The summed E-state index contributed by atoms with van der Waals surface area (Å²) in [7, 11) is 3.59. The van der Waals surface area contributed by atoms with E-state index in [9.17, 15) is 4.79 Å². The molecule has 17 heavy (non-hydrogen) atoms. The summed E-state index contributed by atoms with van der Waals surface area (Å²) in [6.07, 6.45) is 0.542. The predicted octanol–water partition coefficient (Wildman–Crippen LogP) is 2.37. The molecule has 0 aliphatic carbocycles. The Bertz CT molecular complexity index is 368. The highest BCUT2D eigenvalue weighted by Gasteiger charge is 2.19. The van der Waals surface area contributed by atoms with Crippen LogP contribution in [0.2, 0.25) is 0 Å². The number of rotatable bonds is 5. The molecule has 0 saturated carbocycles. The molecule has 1 aromatic carbocycles. The van der Waals surface area contributed by atoms with Crippen LogP contribution in [0.1, 0.15) is 30.9 Å². The molecule has 94 valence electrons. The zero-order valence-electron chi connectivity index (χ0n) is 11.0. The van der Waals surface area contributed by atoms with Crippen LogP contribution < -0.4 is 0 Å². The molecule has 0 heterocycles. The molecule has 0 aliphatic heterocycles. The van der Waals surface area contributed by atoms with Crippen LogP contribution in [0.4, 0.5) is 0 Å². The Morgan fingerprint density at radius 2 is 1.76 bits per heavy atom. The second-order valence-electron chi connectivity index (χ2n) is 4.92. The molecule has 0 fully saturated rings. The fourth-order valence-electron chi connectivity index (χ4n) is 1.75. The SMILES string of the molecule is CC(C)c1ccc(C[C@@H](C(=O)O)N(C)C)cc1. The molecule has 0 saturated heterocycles. The van der Waals surface area contributed by atoms with Gasteiger partial charge in [-0.25, -0.2) is 0 Å². The van der Waals surface area contributed by atoms with Gasteiger partial charge in [0.25, 0.3) is 0 Å². The van der Waals surface area contributed by atoms with Gasteiger partial charge >= 0.3 is 5.97 Å². The van der Waals surface area contributed by atoms with E-state index in [1.807, 2.05) is 12.1 Å². The van der Waals surface area contributed by atoms with E-state index >= 15 is 0 Å². The van der Waals surface area contributed by atoms with E-state index in [1.54, 1.807) is 19.0 Å². The van der Waals surface area contributed by atoms with E-state index < -0.39 is 12.0 Å². The summed E-state index contributed by atoms with van der Waals surface area (Å²) in [5, 5.41) is 9.11. The zero-order chi connectivity index (χ0) is 13.0. The first kappa shape index (κ1) is 13.7. The summed E-state index contributed by atoms with van der Waals surface area (Å²) in [6, 6.07) is 7.74. The average molecular weight is 235 g/mol. The van der Waals surface area contributed by atoms with Crippen LogP contribution in [-0.2, 0) is 11.2 Å². The van der Waals surface area contributed by atoms with E-state index in [2.05, 4.69) is 26.0 Å². The van der Waals surface area contributed by atoms with Crippen molar-refractivity contribution in [2.24, 2.45) is 0 Å². The van der Waals surface area contributed by atoms with Crippen molar-refractivity contribution in [3.05, 3.63) is 35.4 Å². The molecule has 0 bridgehead atoms. The number of carboxylic acids is 1. The summed E-state index contributed by atoms with van der Waals surface area (Å²) in [5.74, 6) is -0.267. The maximum Gasteiger partial charge on any atom is 0.321 e. The Balaban J connectivity index is 2.77. The van der Waals surface area contributed by atoms with E-state index in [4.69, 9.17) is 5.11 Å². The maximum atomic E-state index is 11.1. The highest BCUT2D eigenvalue weighted by molar-refractivity contribution is 5.73. The molecule has 1 rings (SSSR count). The van der Waals surface area contributed by atoms with Gasteiger partial charge in [-0.15, -0.1) is 0 Å². The van der Waals surface area contributed by atoms with Gasteiger partial charge in [0, 0.05) is 0 Å². The lowest BCUT2D eigenvalue weighted by molar-refractivity contribution is -0.142. The average Bonchev–Trinajstić information content (AvgIpc) is 2.25. The summed E-state index contributed by atoms with van der Waals surface area (Å²) >= 11 is 0. The summed E-state index contributed by atoms with van der Waals surface area (Å²) < 4.78 is 0. The normalized spacial score (nSPS) is 13.1. The number of nitrogens with zero attached hydrogens (tertiary/aromatic N) is 1. The van der Waals surface area contributed by atoms with Gasteiger partial charge < -0.3 is 5.11 Å². The minimum absolute atomic E-state index is 0.458. The largest absolute Gasteiger partial charge is 0.480 e. The molecule has 0 aliphatic rings. The minimum atomic E-state index is -0.775. The van der Waals surface area contributed by atoms with Crippen LogP contribution in [0.3, 0.4) is 0 Å². The number of carboxylic acid groups (broad SMARTS) is 1. The zero-order valence-corrected chi connectivity index (χ0v) is 11.0. The lowest BCUT2D eigenvalue weighted by atomic mass is 9.99. The van der Waals surface area contributed by atoms with Gasteiger partial charge in [0.1, 0.15) is 6.04 Å². The molecule has 0 aromatic heterocycles. The molecule has 0 amide bonds.